The molecule has 4 nitrogen and oxygen atoms in total. The molecule has 0 aliphatic carbocycles. The average molecular weight is 323 g/mol. The van der Waals surface area contributed by atoms with E-state index in [1.807, 2.05) is 37.3 Å². The highest BCUT2D eigenvalue weighted by atomic mass is 32.2. The SMILES string of the molecule is COc1ccc(S(=O)(=O)NCC(C)c2ccccc2)cc1F. The molecule has 0 radical (unpaired) electrons. The molecule has 6 heteroatoms. The summed E-state index contributed by atoms with van der Waals surface area (Å²) in [4.78, 5) is -0.119. The van der Waals surface area contributed by atoms with Gasteiger partial charge in [0.15, 0.2) is 11.6 Å². The van der Waals surface area contributed by atoms with Gasteiger partial charge in [-0.3, -0.25) is 0 Å². The van der Waals surface area contributed by atoms with Crippen molar-refractivity contribution in [3.63, 3.8) is 0 Å². The molecule has 2 aromatic rings. The molecule has 1 atom stereocenters. The number of sulfonamides is 1. The molecule has 118 valence electrons. The number of ether oxygens (including phenoxy) is 1. The van der Waals surface area contributed by atoms with Crippen molar-refractivity contribution < 1.29 is 17.5 Å². The summed E-state index contributed by atoms with van der Waals surface area (Å²) in [7, 11) is -2.43. The van der Waals surface area contributed by atoms with Gasteiger partial charge in [0.05, 0.1) is 12.0 Å². The second kappa shape index (κ2) is 6.89. The van der Waals surface area contributed by atoms with Crippen LogP contribution < -0.4 is 9.46 Å². The first-order valence-corrected chi connectivity index (χ1v) is 8.30. The van der Waals surface area contributed by atoms with Crippen LogP contribution in [0.15, 0.2) is 53.4 Å². The number of hydrogen-bond donors (Lipinski definition) is 1. The summed E-state index contributed by atoms with van der Waals surface area (Å²) in [5, 5.41) is 0. The molecule has 0 aliphatic rings. The van der Waals surface area contributed by atoms with Crippen LogP contribution in [0.2, 0.25) is 0 Å². The van der Waals surface area contributed by atoms with E-state index in [0.29, 0.717) is 0 Å². The lowest BCUT2D eigenvalue weighted by Crippen LogP contribution is -2.27. The Morgan fingerprint density at radius 1 is 1.18 bits per heavy atom. The highest BCUT2D eigenvalue weighted by Crippen LogP contribution is 2.21. The topological polar surface area (TPSA) is 55.4 Å². The zero-order valence-corrected chi connectivity index (χ0v) is 13.2. The fraction of sp³-hybridized carbons (Fsp3) is 0.250. The maximum atomic E-state index is 13.6. The van der Waals surface area contributed by atoms with Gasteiger partial charge >= 0.3 is 0 Å². The van der Waals surface area contributed by atoms with Gasteiger partial charge in [-0.15, -0.1) is 0 Å². The Morgan fingerprint density at radius 2 is 1.86 bits per heavy atom. The smallest absolute Gasteiger partial charge is 0.240 e. The predicted octanol–water partition coefficient (Wildman–Crippen LogP) is 2.92. The van der Waals surface area contributed by atoms with Crippen LogP contribution in [0.3, 0.4) is 0 Å². The first-order valence-electron chi connectivity index (χ1n) is 6.82. The molecule has 0 amide bonds. The van der Waals surface area contributed by atoms with Crippen molar-refractivity contribution in [2.75, 3.05) is 13.7 Å². The van der Waals surface area contributed by atoms with E-state index in [-0.39, 0.29) is 23.1 Å². The minimum absolute atomic E-state index is 0.0107. The van der Waals surface area contributed by atoms with Gasteiger partial charge in [-0.2, -0.15) is 0 Å². The average Bonchev–Trinajstić information content (AvgIpc) is 2.53. The number of hydrogen-bond acceptors (Lipinski definition) is 3. The second-order valence-corrected chi connectivity index (χ2v) is 6.73. The summed E-state index contributed by atoms with van der Waals surface area (Å²) in [5.41, 5.74) is 1.03. The van der Waals surface area contributed by atoms with Gasteiger partial charge in [0.1, 0.15) is 0 Å². The first kappa shape index (κ1) is 16.5. The summed E-state index contributed by atoms with van der Waals surface area (Å²) in [6.07, 6.45) is 0. The Morgan fingerprint density at radius 3 is 2.45 bits per heavy atom. The van der Waals surface area contributed by atoms with E-state index in [0.717, 1.165) is 11.6 Å². The van der Waals surface area contributed by atoms with E-state index in [4.69, 9.17) is 4.74 Å². The molecule has 0 aliphatic heterocycles. The van der Waals surface area contributed by atoms with E-state index in [1.165, 1.54) is 19.2 Å². The first-order chi connectivity index (χ1) is 10.4. The Kier molecular flexibility index (Phi) is 5.15. The van der Waals surface area contributed by atoms with Crippen LogP contribution in [0.1, 0.15) is 18.4 Å². The lowest BCUT2D eigenvalue weighted by Gasteiger charge is -2.13. The van der Waals surface area contributed by atoms with Crippen molar-refractivity contribution in [3.8, 4) is 5.75 Å². The minimum atomic E-state index is -3.76. The monoisotopic (exact) mass is 323 g/mol. The fourth-order valence-corrected chi connectivity index (χ4v) is 3.17. The van der Waals surface area contributed by atoms with Crippen LogP contribution in [0.25, 0.3) is 0 Å². The van der Waals surface area contributed by atoms with Crippen LogP contribution in [0, 0.1) is 5.82 Å². The van der Waals surface area contributed by atoms with Crippen molar-refractivity contribution >= 4 is 10.0 Å². The maximum absolute atomic E-state index is 13.6. The van der Waals surface area contributed by atoms with Crippen molar-refractivity contribution in [1.29, 1.82) is 0 Å². The molecule has 1 unspecified atom stereocenters. The van der Waals surface area contributed by atoms with Gasteiger partial charge in [-0.05, 0) is 29.7 Å². The molecule has 2 rings (SSSR count). The molecular weight excluding hydrogens is 305 g/mol. The number of nitrogens with one attached hydrogen (secondary N) is 1. The van der Waals surface area contributed by atoms with Gasteiger partial charge in [0.2, 0.25) is 10.0 Å². The van der Waals surface area contributed by atoms with Gasteiger partial charge in [0.25, 0.3) is 0 Å². The number of halogens is 1. The molecule has 2 aromatic carbocycles. The molecule has 22 heavy (non-hydrogen) atoms. The summed E-state index contributed by atoms with van der Waals surface area (Å²) < 4.78 is 45.3. The molecular formula is C16H18FNO3S. The van der Waals surface area contributed by atoms with Crippen LogP contribution >= 0.6 is 0 Å². The van der Waals surface area contributed by atoms with Gasteiger partial charge < -0.3 is 4.74 Å². The highest BCUT2D eigenvalue weighted by Gasteiger charge is 2.18. The van der Waals surface area contributed by atoms with Crippen LogP contribution in [0.4, 0.5) is 4.39 Å². The minimum Gasteiger partial charge on any atom is -0.494 e. The molecule has 0 saturated carbocycles. The number of benzene rings is 2. The third-order valence-corrected chi connectivity index (χ3v) is 4.80. The summed E-state index contributed by atoms with van der Waals surface area (Å²) in [5.74, 6) is -0.683. The highest BCUT2D eigenvalue weighted by molar-refractivity contribution is 7.89. The van der Waals surface area contributed by atoms with E-state index in [2.05, 4.69) is 4.72 Å². The third kappa shape index (κ3) is 3.84. The quantitative estimate of drug-likeness (QED) is 0.889. The zero-order valence-electron chi connectivity index (χ0n) is 12.4. The largest absolute Gasteiger partial charge is 0.494 e. The molecule has 0 spiro atoms. The number of methoxy groups -OCH3 is 1. The summed E-state index contributed by atoms with van der Waals surface area (Å²) in [6, 6.07) is 13.1. The van der Waals surface area contributed by atoms with Crippen molar-refractivity contribution in [2.24, 2.45) is 0 Å². The van der Waals surface area contributed by atoms with E-state index >= 15 is 0 Å². The molecule has 0 fully saturated rings. The Hall–Kier alpha value is -1.92. The Balaban J connectivity index is 2.10. The fourth-order valence-electron chi connectivity index (χ4n) is 2.03. The number of rotatable bonds is 6. The van der Waals surface area contributed by atoms with E-state index < -0.39 is 15.8 Å². The van der Waals surface area contributed by atoms with Crippen LogP contribution in [0.5, 0.6) is 5.75 Å². The van der Waals surface area contributed by atoms with E-state index in [1.54, 1.807) is 0 Å². The summed E-state index contributed by atoms with van der Waals surface area (Å²) in [6.45, 7) is 2.16. The van der Waals surface area contributed by atoms with Gasteiger partial charge in [-0.1, -0.05) is 37.3 Å². The molecule has 0 bridgehead atoms. The zero-order chi connectivity index (χ0) is 16.2. The van der Waals surface area contributed by atoms with Crippen LogP contribution in [-0.2, 0) is 10.0 Å². The second-order valence-electron chi connectivity index (χ2n) is 4.96. The van der Waals surface area contributed by atoms with Gasteiger partial charge in [0, 0.05) is 6.54 Å². The normalized spacial score (nSPS) is 12.9. The lowest BCUT2D eigenvalue weighted by molar-refractivity contribution is 0.385. The van der Waals surface area contributed by atoms with Crippen LogP contribution in [-0.4, -0.2) is 22.1 Å². The lowest BCUT2D eigenvalue weighted by atomic mass is 10.0. The standard InChI is InChI=1S/C16H18FNO3S/c1-12(13-6-4-3-5-7-13)11-18-22(19,20)14-8-9-16(21-2)15(17)10-14/h3-10,12,18H,11H2,1-2H3. The Labute approximate surface area is 130 Å². The Bertz CT molecular complexity index is 732. The third-order valence-electron chi connectivity index (χ3n) is 3.38. The molecule has 0 saturated heterocycles. The summed E-state index contributed by atoms with van der Waals surface area (Å²) >= 11 is 0. The van der Waals surface area contributed by atoms with Crippen molar-refractivity contribution in [3.05, 3.63) is 59.9 Å². The predicted molar refractivity (Wildman–Crippen MR) is 83.0 cm³/mol. The molecule has 0 heterocycles. The van der Waals surface area contributed by atoms with E-state index in [9.17, 15) is 12.8 Å². The molecule has 1 N–H and O–H groups in total. The van der Waals surface area contributed by atoms with Gasteiger partial charge in [-0.25, -0.2) is 17.5 Å². The van der Waals surface area contributed by atoms with Crippen molar-refractivity contribution in [1.82, 2.24) is 4.72 Å². The molecule has 0 aromatic heterocycles. The van der Waals surface area contributed by atoms with Crippen molar-refractivity contribution in [2.45, 2.75) is 17.7 Å². The maximum Gasteiger partial charge on any atom is 0.240 e.